The largest absolute Gasteiger partial charge is 0.435 e. The minimum Gasteiger partial charge on any atom is -0.435 e. The number of benzene rings is 2. The summed E-state index contributed by atoms with van der Waals surface area (Å²) >= 11 is 0. The normalized spacial score (nSPS) is 12.7. The number of nitrogens with two attached hydrogens (primary N) is 1. The average molecular weight is 370 g/mol. The van der Waals surface area contributed by atoms with Crippen LogP contribution in [-0.4, -0.2) is 20.9 Å². The number of carbonyl (C=O) groups excluding carboxylic acids is 1. The maximum absolute atomic E-state index is 12.2. The van der Waals surface area contributed by atoms with Gasteiger partial charge in [0.05, 0.1) is 10.9 Å². The number of hydrogen-bond donors (Lipinski definition) is 2. The van der Waals surface area contributed by atoms with Gasteiger partial charge in [-0.3, -0.25) is 4.79 Å². The van der Waals surface area contributed by atoms with Crippen molar-refractivity contribution in [3.8, 4) is 5.75 Å². The van der Waals surface area contributed by atoms with Crippen molar-refractivity contribution >= 4 is 15.9 Å². The third-order valence-corrected chi connectivity index (χ3v) is 4.29. The van der Waals surface area contributed by atoms with Crippen molar-refractivity contribution in [2.75, 3.05) is 0 Å². The molecule has 0 aliphatic carbocycles. The molecule has 0 bridgehead atoms. The van der Waals surface area contributed by atoms with Crippen molar-refractivity contribution < 1.29 is 26.7 Å². The summed E-state index contributed by atoms with van der Waals surface area (Å²) in [6, 6.07) is 10.6. The highest BCUT2D eigenvalue weighted by Crippen LogP contribution is 2.18. The van der Waals surface area contributed by atoms with E-state index in [1.807, 2.05) is 0 Å². The maximum Gasteiger partial charge on any atom is 0.387 e. The van der Waals surface area contributed by atoms with Gasteiger partial charge in [-0.2, -0.15) is 8.78 Å². The third-order valence-electron chi connectivity index (χ3n) is 3.38. The van der Waals surface area contributed by atoms with Crippen LogP contribution in [0.2, 0.25) is 0 Å². The van der Waals surface area contributed by atoms with E-state index >= 15 is 0 Å². The summed E-state index contributed by atoms with van der Waals surface area (Å²) in [6.45, 7) is -1.26. The summed E-state index contributed by atoms with van der Waals surface area (Å²) in [4.78, 5) is 12.1. The summed E-state index contributed by atoms with van der Waals surface area (Å²) in [5.41, 5.74) is 0.800. The fraction of sp³-hybridized carbons (Fsp3) is 0.188. The molecule has 0 aliphatic heterocycles. The minimum atomic E-state index is -3.84. The van der Waals surface area contributed by atoms with Gasteiger partial charge in [-0.15, -0.1) is 0 Å². The van der Waals surface area contributed by atoms with E-state index in [9.17, 15) is 22.0 Å². The smallest absolute Gasteiger partial charge is 0.387 e. The summed E-state index contributed by atoms with van der Waals surface area (Å²) in [5, 5.41) is 7.77. The van der Waals surface area contributed by atoms with E-state index in [1.54, 1.807) is 13.0 Å². The highest BCUT2D eigenvalue weighted by atomic mass is 32.2. The van der Waals surface area contributed by atoms with Crippen LogP contribution in [0.3, 0.4) is 0 Å². The summed E-state index contributed by atoms with van der Waals surface area (Å²) in [7, 11) is -3.84. The molecule has 6 nitrogen and oxygen atoms in total. The second-order valence-corrected chi connectivity index (χ2v) is 6.78. The van der Waals surface area contributed by atoms with Crippen LogP contribution in [0.1, 0.15) is 28.9 Å². The van der Waals surface area contributed by atoms with Crippen molar-refractivity contribution in [3.63, 3.8) is 0 Å². The number of carbonyl (C=O) groups is 1. The zero-order chi connectivity index (χ0) is 18.6. The summed E-state index contributed by atoms with van der Waals surface area (Å²) < 4.78 is 51.2. The molecule has 0 saturated heterocycles. The fourth-order valence-electron chi connectivity index (χ4n) is 2.11. The first-order chi connectivity index (χ1) is 11.7. The number of rotatable bonds is 6. The number of ether oxygens (including phenoxy) is 1. The number of nitrogens with one attached hydrogen (secondary N) is 1. The lowest BCUT2D eigenvalue weighted by molar-refractivity contribution is -0.0498. The van der Waals surface area contributed by atoms with E-state index in [-0.39, 0.29) is 16.2 Å². The topological polar surface area (TPSA) is 98.5 Å². The van der Waals surface area contributed by atoms with Gasteiger partial charge in [-0.25, -0.2) is 13.6 Å². The Morgan fingerprint density at radius 2 is 1.80 bits per heavy atom. The second kappa shape index (κ2) is 7.58. The Labute approximate surface area is 143 Å². The van der Waals surface area contributed by atoms with Gasteiger partial charge in [0, 0.05) is 5.56 Å². The molecule has 25 heavy (non-hydrogen) atoms. The Hall–Kier alpha value is -2.52. The molecule has 3 N–H and O–H groups in total. The van der Waals surface area contributed by atoms with Gasteiger partial charge in [0.25, 0.3) is 5.91 Å². The lowest BCUT2D eigenvalue weighted by atomic mass is 10.1. The van der Waals surface area contributed by atoms with Crippen LogP contribution in [0.4, 0.5) is 8.78 Å². The van der Waals surface area contributed by atoms with Crippen molar-refractivity contribution in [2.24, 2.45) is 5.14 Å². The van der Waals surface area contributed by atoms with E-state index in [2.05, 4.69) is 10.1 Å². The molecular formula is C16H16F2N2O4S. The van der Waals surface area contributed by atoms with E-state index in [4.69, 9.17) is 5.14 Å². The number of alkyl halides is 2. The molecule has 0 saturated carbocycles. The molecule has 9 heteroatoms. The molecule has 134 valence electrons. The Kier molecular flexibility index (Phi) is 5.70. The minimum absolute atomic E-state index is 0.0551. The highest BCUT2D eigenvalue weighted by molar-refractivity contribution is 7.89. The van der Waals surface area contributed by atoms with Gasteiger partial charge >= 0.3 is 6.61 Å². The lowest BCUT2D eigenvalue weighted by Crippen LogP contribution is -2.26. The quantitative estimate of drug-likeness (QED) is 0.816. The van der Waals surface area contributed by atoms with Gasteiger partial charge in [-0.05, 0) is 48.9 Å². The maximum atomic E-state index is 12.2. The summed E-state index contributed by atoms with van der Waals surface area (Å²) in [6.07, 6.45) is 0. The third kappa shape index (κ3) is 5.23. The van der Waals surface area contributed by atoms with Crippen molar-refractivity contribution in [1.29, 1.82) is 0 Å². The predicted octanol–water partition coefficient (Wildman–Crippen LogP) is 2.43. The number of primary sulfonamides is 1. The van der Waals surface area contributed by atoms with Crippen LogP contribution in [-0.2, 0) is 10.0 Å². The number of sulfonamides is 1. The fourth-order valence-corrected chi connectivity index (χ4v) is 2.68. The molecule has 1 unspecified atom stereocenters. The van der Waals surface area contributed by atoms with Crippen LogP contribution >= 0.6 is 0 Å². The molecule has 0 heterocycles. The van der Waals surface area contributed by atoms with Crippen LogP contribution in [0.15, 0.2) is 53.4 Å². The molecule has 0 aromatic heterocycles. The number of hydrogen-bond acceptors (Lipinski definition) is 4. The van der Waals surface area contributed by atoms with E-state index in [0.717, 1.165) is 0 Å². The lowest BCUT2D eigenvalue weighted by Gasteiger charge is -2.15. The van der Waals surface area contributed by atoms with Gasteiger partial charge in [0.2, 0.25) is 10.0 Å². The molecule has 2 aromatic carbocycles. The first kappa shape index (κ1) is 18.8. The first-order valence-electron chi connectivity index (χ1n) is 7.15. The van der Waals surface area contributed by atoms with Crippen LogP contribution in [0.25, 0.3) is 0 Å². The van der Waals surface area contributed by atoms with Crippen molar-refractivity contribution in [1.82, 2.24) is 5.32 Å². The van der Waals surface area contributed by atoms with Crippen molar-refractivity contribution in [3.05, 3.63) is 59.7 Å². The molecule has 2 rings (SSSR count). The zero-order valence-corrected chi connectivity index (χ0v) is 14.0. The molecule has 2 aromatic rings. The average Bonchev–Trinajstić information content (AvgIpc) is 2.54. The molecule has 1 atom stereocenters. The van der Waals surface area contributed by atoms with Gasteiger partial charge in [0.1, 0.15) is 5.75 Å². The second-order valence-electron chi connectivity index (χ2n) is 5.22. The molecule has 1 amide bonds. The molecule has 0 aliphatic rings. The molecule has 0 radical (unpaired) electrons. The SMILES string of the molecule is CC(NC(=O)c1ccc(OC(F)F)cc1)c1cccc(S(N)(=O)=O)c1. The Morgan fingerprint density at radius 1 is 1.16 bits per heavy atom. The molecule has 0 fully saturated rings. The van der Waals surface area contributed by atoms with Crippen LogP contribution in [0.5, 0.6) is 5.75 Å². The predicted molar refractivity (Wildman–Crippen MR) is 86.8 cm³/mol. The van der Waals surface area contributed by atoms with Gasteiger partial charge in [-0.1, -0.05) is 12.1 Å². The van der Waals surface area contributed by atoms with E-state index < -0.39 is 28.6 Å². The first-order valence-corrected chi connectivity index (χ1v) is 8.70. The van der Waals surface area contributed by atoms with E-state index in [1.165, 1.54) is 42.5 Å². The van der Waals surface area contributed by atoms with Crippen molar-refractivity contribution in [2.45, 2.75) is 24.5 Å². The monoisotopic (exact) mass is 370 g/mol. The number of halogens is 2. The Balaban J connectivity index is 2.10. The van der Waals surface area contributed by atoms with Crippen LogP contribution in [0, 0.1) is 0 Å². The highest BCUT2D eigenvalue weighted by Gasteiger charge is 2.15. The van der Waals surface area contributed by atoms with Gasteiger partial charge < -0.3 is 10.1 Å². The Bertz CT molecular complexity index is 855. The van der Waals surface area contributed by atoms with E-state index in [0.29, 0.717) is 5.56 Å². The standard InChI is InChI=1S/C16H16F2N2O4S/c1-10(12-3-2-4-14(9-12)25(19,22)23)20-15(21)11-5-7-13(8-6-11)24-16(17)18/h2-10,16H,1H3,(H,20,21)(H2,19,22,23). The summed E-state index contributed by atoms with van der Waals surface area (Å²) in [5.74, 6) is -0.502. The molecular weight excluding hydrogens is 354 g/mol. The van der Waals surface area contributed by atoms with Gasteiger partial charge in [0.15, 0.2) is 0 Å². The van der Waals surface area contributed by atoms with Crippen LogP contribution < -0.4 is 15.2 Å². The zero-order valence-electron chi connectivity index (χ0n) is 13.1. The molecule has 0 spiro atoms. The number of amides is 1. The Morgan fingerprint density at radius 3 is 2.36 bits per heavy atom.